The monoisotopic (exact) mass is 210 g/mol. The van der Waals surface area contributed by atoms with Crippen LogP contribution in [0.2, 0.25) is 0 Å². The predicted molar refractivity (Wildman–Crippen MR) is 60.4 cm³/mol. The van der Waals surface area contributed by atoms with Gasteiger partial charge in [-0.1, -0.05) is 0 Å². The van der Waals surface area contributed by atoms with E-state index >= 15 is 0 Å². The van der Waals surface area contributed by atoms with Gasteiger partial charge in [0.1, 0.15) is 6.33 Å². The zero-order valence-electron chi connectivity index (χ0n) is 7.94. The van der Waals surface area contributed by atoms with Crippen LogP contribution in [0.4, 0.5) is 11.5 Å². The van der Waals surface area contributed by atoms with Crippen LogP contribution in [-0.2, 0) is 0 Å². The summed E-state index contributed by atoms with van der Waals surface area (Å²) in [7, 11) is 0. The molecule has 1 aliphatic rings. The number of nitrogens with two attached hydrogens (primary N) is 1. The van der Waals surface area contributed by atoms with Gasteiger partial charge >= 0.3 is 0 Å². The molecule has 0 radical (unpaired) electrons. The summed E-state index contributed by atoms with van der Waals surface area (Å²) >= 11 is 2.02. The second-order valence-electron chi connectivity index (χ2n) is 3.34. The number of nitrogens with zero attached hydrogens (tertiary/aromatic N) is 2. The summed E-state index contributed by atoms with van der Waals surface area (Å²) in [5, 5.41) is 3.97. The van der Waals surface area contributed by atoms with E-state index < -0.39 is 0 Å². The highest BCUT2D eigenvalue weighted by Crippen LogP contribution is 2.26. The van der Waals surface area contributed by atoms with Crippen LogP contribution in [0.15, 0.2) is 12.5 Å². The smallest absolute Gasteiger partial charge is 0.152 e. The van der Waals surface area contributed by atoms with Gasteiger partial charge in [0.15, 0.2) is 5.82 Å². The molecule has 1 aromatic heterocycles. The Morgan fingerprint density at radius 3 is 3.29 bits per heavy atom. The van der Waals surface area contributed by atoms with Gasteiger partial charge in [0.05, 0.1) is 11.9 Å². The number of hydrogen-bond acceptors (Lipinski definition) is 5. The van der Waals surface area contributed by atoms with Crippen molar-refractivity contribution in [3.8, 4) is 0 Å². The summed E-state index contributed by atoms with van der Waals surface area (Å²) in [4.78, 5) is 7.93. The Morgan fingerprint density at radius 1 is 1.64 bits per heavy atom. The summed E-state index contributed by atoms with van der Waals surface area (Å²) in [6.07, 6.45) is 5.76. The van der Waals surface area contributed by atoms with Gasteiger partial charge in [0.25, 0.3) is 0 Å². The normalized spacial score (nSPS) is 21.0. The lowest BCUT2D eigenvalue weighted by molar-refractivity contribution is 0.803. The van der Waals surface area contributed by atoms with E-state index in [1.165, 1.54) is 24.9 Å². The molecule has 0 amide bonds. The van der Waals surface area contributed by atoms with Gasteiger partial charge in [-0.15, -0.1) is 0 Å². The van der Waals surface area contributed by atoms with Gasteiger partial charge in [0.2, 0.25) is 0 Å². The first-order valence-corrected chi connectivity index (χ1v) is 5.82. The minimum absolute atomic E-state index is 0.621. The van der Waals surface area contributed by atoms with Gasteiger partial charge in [0, 0.05) is 11.8 Å². The molecular weight excluding hydrogens is 196 g/mol. The lowest BCUT2D eigenvalue weighted by Crippen LogP contribution is -2.15. The molecule has 1 saturated heterocycles. The van der Waals surface area contributed by atoms with Crippen LogP contribution >= 0.6 is 11.8 Å². The van der Waals surface area contributed by atoms with Crippen molar-refractivity contribution >= 4 is 23.3 Å². The van der Waals surface area contributed by atoms with Gasteiger partial charge in [-0.2, -0.15) is 11.8 Å². The molecular formula is C9H14N4S. The average Bonchev–Trinajstić information content (AvgIpc) is 2.69. The number of aromatic nitrogens is 2. The molecule has 4 nitrogen and oxygen atoms in total. The second-order valence-corrected chi connectivity index (χ2v) is 4.75. The van der Waals surface area contributed by atoms with Crippen LogP contribution in [0.25, 0.3) is 0 Å². The van der Waals surface area contributed by atoms with Gasteiger partial charge < -0.3 is 11.1 Å². The molecule has 0 aromatic carbocycles. The lowest BCUT2D eigenvalue weighted by Gasteiger charge is -2.11. The highest BCUT2D eigenvalue weighted by atomic mass is 32.2. The summed E-state index contributed by atoms with van der Waals surface area (Å²) in [6.45, 7) is 0.950. The highest BCUT2D eigenvalue weighted by molar-refractivity contribution is 8.00. The number of anilines is 2. The van der Waals surface area contributed by atoms with Crippen molar-refractivity contribution < 1.29 is 0 Å². The van der Waals surface area contributed by atoms with Crippen LogP contribution in [0.5, 0.6) is 0 Å². The maximum absolute atomic E-state index is 5.71. The molecule has 14 heavy (non-hydrogen) atoms. The molecule has 1 fully saturated rings. The summed E-state index contributed by atoms with van der Waals surface area (Å²) in [5.41, 5.74) is 6.33. The van der Waals surface area contributed by atoms with Crippen LogP contribution in [0, 0.1) is 0 Å². The second kappa shape index (κ2) is 4.50. The Labute approximate surface area is 87.7 Å². The molecule has 2 heterocycles. The van der Waals surface area contributed by atoms with Crippen molar-refractivity contribution in [1.82, 2.24) is 9.97 Å². The first-order valence-electron chi connectivity index (χ1n) is 4.77. The Balaban J connectivity index is 1.88. The summed E-state index contributed by atoms with van der Waals surface area (Å²) in [6, 6.07) is 0. The SMILES string of the molecule is Nc1cncnc1NCC1CCCS1. The molecule has 76 valence electrons. The van der Waals surface area contributed by atoms with E-state index in [-0.39, 0.29) is 0 Å². The molecule has 0 saturated carbocycles. The molecule has 1 aliphatic heterocycles. The van der Waals surface area contributed by atoms with E-state index in [1.54, 1.807) is 6.20 Å². The minimum Gasteiger partial charge on any atom is -0.394 e. The van der Waals surface area contributed by atoms with E-state index in [2.05, 4.69) is 15.3 Å². The Bertz CT molecular complexity index is 299. The van der Waals surface area contributed by atoms with E-state index in [0.717, 1.165) is 12.4 Å². The van der Waals surface area contributed by atoms with Crippen molar-refractivity contribution in [3.05, 3.63) is 12.5 Å². The van der Waals surface area contributed by atoms with Gasteiger partial charge in [-0.25, -0.2) is 9.97 Å². The number of rotatable bonds is 3. The van der Waals surface area contributed by atoms with Gasteiger partial charge in [-0.3, -0.25) is 0 Å². The maximum Gasteiger partial charge on any atom is 0.152 e. The Kier molecular flexibility index (Phi) is 3.08. The van der Waals surface area contributed by atoms with Crippen LogP contribution < -0.4 is 11.1 Å². The van der Waals surface area contributed by atoms with Crippen LogP contribution in [-0.4, -0.2) is 27.5 Å². The fourth-order valence-corrected chi connectivity index (χ4v) is 2.71. The molecule has 5 heteroatoms. The summed E-state index contributed by atoms with van der Waals surface area (Å²) in [5.74, 6) is 2.04. The predicted octanol–water partition coefficient (Wildman–Crippen LogP) is 1.37. The van der Waals surface area contributed by atoms with E-state index in [0.29, 0.717) is 10.9 Å². The zero-order valence-corrected chi connectivity index (χ0v) is 8.76. The highest BCUT2D eigenvalue weighted by Gasteiger charge is 2.15. The van der Waals surface area contributed by atoms with E-state index in [9.17, 15) is 0 Å². The molecule has 0 aliphatic carbocycles. The number of hydrogen-bond donors (Lipinski definition) is 2. The molecule has 3 N–H and O–H groups in total. The van der Waals surface area contributed by atoms with E-state index in [4.69, 9.17) is 5.73 Å². The topological polar surface area (TPSA) is 63.8 Å². The standard InChI is InChI=1S/C9H14N4S/c10-8-5-11-6-13-9(8)12-4-7-2-1-3-14-7/h5-7H,1-4,10H2,(H,11,12,13). The number of thioether (sulfide) groups is 1. The van der Waals surface area contributed by atoms with Crippen molar-refractivity contribution in [3.63, 3.8) is 0 Å². The molecule has 1 atom stereocenters. The zero-order chi connectivity index (χ0) is 9.80. The molecule has 1 unspecified atom stereocenters. The fourth-order valence-electron chi connectivity index (χ4n) is 1.50. The first-order chi connectivity index (χ1) is 6.86. The van der Waals surface area contributed by atoms with Crippen molar-refractivity contribution in [2.24, 2.45) is 0 Å². The lowest BCUT2D eigenvalue weighted by atomic mass is 10.2. The third kappa shape index (κ3) is 2.29. The van der Waals surface area contributed by atoms with Crippen molar-refractivity contribution in [1.29, 1.82) is 0 Å². The Morgan fingerprint density at radius 2 is 2.57 bits per heavy atom. The van der Waals surface area contributed by atoms with Crippen molar-refractivity contribution in [2.45, 2.75) is 18.1 Å². The first kappa shape index (κ1) is 9.58. The molecule has 2 rings (SSSR count). The molecule has 0 spiro atoms. The largest absolute Gasteiger partial charge is 0.394 e. The third-order valence-corrected chi connectivity index (χ3v) is 3.66. The molecule has 1 aromatic rings. The minimum atomic E-state index is 0.621. The number of nitrogen functional groups attached to an aromatic ring is 1. The van der Waals surface area contributed by atoms with Crippen LogP contribution in [0.1, 0.15) is 12.8 Å². The average molecular weight is 210 g/mol. The molecule has 0 bridgehead atoms. The Hall–Kier alpha value is -0.970. The van der Waals surface area contributed by atoms with E-state index in [1.807, 2.05) is 11.8 Å². The maximum atomic E-state index is 5.71. The van der Waals surface area contributed by atoms with Crippen molar-refractivity contribution in [2.75, 3.05) is 23.3 Å². The number of nitrogens with one attached hydrogen (secondary N) is 1. The quantitative estimate of drug-likeness (QED) is 0.788. The van der Waals surface area contributed by atoms with Gasteiger partial charge in [-0.05, 0) is 18.6 Å². The third-order valence-electron chi connectivity index (χ3n) is 2.26. The fraction of sp³-hybridized carbons (Fsp3) is 0.556. The summed E-state index contributed by atoms with van der Waals surface area (Å²) < 4.78 is 0. The van der Waals surface area contributed by atoms with Crippen LogP contribution in [0.3, 0.4) is 0 Å².